The number of aromatic amines is 1. The van der Waals surface area contributed by atoms with Crippen LogP contribution in [0.5, 0.6) is 17.2 Å². The number of H-pyrrole nitrogens is 1. The molecule has 14 heteroatoms. The highest BCUT2D eigenvalue weighted by Crippen LogP contribution is 2.36. The molecule has 0 bridgehead atoms. The van der Waals surface area contributed by atoms with Crippen LogP contribution in [0.1, 0.15) is 77.2 Å². The van der Waals surface area contributed by atoms with Crippen molar-refractivity contribution in [3.05, 3.63) is 58.3 Å². The lowest BCUT2D eigenvalue weighted by atomic mass is 10.1. The van der Waals surface area contributed by atoms with E-state index in [4.69, 9.17) is 29.0 Å². The van der Waals surface area contributed by atoms with E-state index in [2.05, 4.69) is 9.71 Å². The zero-order valence-electron chi connectivity index (χ0n) is 26.4. The number of rotatable bonds is 14. The van der Waals surface area contributed by atoms with Gasteiger partial charge >= 0.3 is 5.97 Å². The number of fused-ring (bicyclic) bond motifs is 1. The molecule has 0 atom stereocenters. The lowest BCUT2D eigenvalue weighted by molar-refractivity contribution is -0.143. The molecular weight excluding hydrogens is 626 g/mol. The Hall–Kier alpha value is -4.59. The zero-order chi connectivity index (χ0) is 32.8. The maximum atomic E-state index is 13.6. The minimum atomic E-state index is -4.13. The molecule has 0 saturated heterocycles. The van der Waals surface area contributed by atoms with E-state index in [1.54, 1.807) is 36.6 Å². The van der Waals surface area contributed by atoms with Gasteiger partial charge in [-0.05, 0) is 70.4 Å². The third-order valence-electron chi connectivity index (χ3n) is 7.74. The maximum absolute atomic E-state index is 13.6. The third kappa shape index (κ3) is 7.87. The SMILES string of the molecule is C.CCOC(=O)CCCOc1cc(NS(=O)(=O)c2ccc(OCC)c(-c3nn4c(C5CCCC5)nc(C)c4c(=O)[nH]3)c2)ccc1OC. The average molecular weight is 670 g/mol. The van der Waals surface area contributed by atoms with Gasteiger partial charge in [-0.2, -0.15) is 0 Å². The van der Waals surface area contributed by atoms with Crippen molar-refractivity contribution in [1.82, 2.24) is 19.6 Å². The summed E-state index contributed by atoms with van der Waals surface area (Å²) in [6, 6.07) is 9.04. The van der Waals surface area contributed by atoms with Crippen LogP contribution in [0, 0.1) is 6.92 Å². The first-order chi connectivity index (χ1) is 22.1. The average Bonchev–Trinajstić information content (AvgIpc) is 3.68. The van der Waals surface area contributed by atoms with Gasteiger partial charge in [-0.1, -0.05) is 20.3 Å². The molecule has 2 aromatic carbocycles. The number of aromatic nitrogens is 4. The highest BCUT2D eigenvalue weighted by molar-refractivity contribution is 7.92. The van der Waals surface area contributed by atoms with E-state index in [9.17, 15) is 18.0 Å². The number of ether oxygens (including phenoxy) is 4. The molecule has 2 N–H and O–H groups in total. The van der Waals surface area contributed by atoms with Crippen molar-refractivity contribution in [1.29, 1.82) is 0 Å². The van der Waals surface area contributed by atoms with Crippen LogP contribution in [0.15, 0.2) is 46.1 Å². The molecule has 47 heavy (non-hydrogen) atoms. The standard InChI is InChI=1S/C32H39N5O8S.CH4/c1-5-43-25-16-14-23(19-24(25)30-34-32(39)29-20(3)33-31(37(29)35-30)21-10-7-8-11-21)46(40,41)36-22-13-15-26(42-4)27(18-22)45-17-9-12-28(38)44-6-2;/h13-16,18-19,21,36H,5-12,17H2,1-4H3,(H,34,35,39);1H4. The Kier molecular flexibility index (Phi) is 11.5. The molecule has 0 aliphatic heterocycles. The van der Waals surface area contributed by atoms with Gasteiger partial charge < -0.3 is 23.9 Å². The molecule has 4 aromatic rings. The van der Waals surface area contributed by atoms with Crippen molar-refractivity contribution < 1.29 is 32.2 Å². The first kappa shape index (κ1) is 35.3. The van der Waals surface area contributed by atoms with E-state index in [1.165, 1.54) is 25.3 Å². The number of methoxy groups -OCH3 is 1. The van der Waals surface area contributed by atoms with Crippen LogP contribution in [0.4, 0.5) is 5.69 Å². The molecular formula is C33H43N5O8S. The van der Waals surface area contributed by atoms with Crippen molar-refractivity contribution in [2.24, 2.45) is 0 Å². The number of sulfonamides is 1. The lowest BCUT2D eigenvalue weighted by Crippen LogP contribution is -2.17. The first-order valence-electron chi connectivity index (χ1n) is 15.4. The van der Waals surface area contributed by atoms with Crippen LogP contribution in [0.2, 0.25) is 0 Å². The summed E-state index contributed by atoms with van der Waals surface area (Å²) in [6.07, 6.45) is 4.73. The molecule has 1 aliphatic rings. The van der Waals surface area contributed by atoms with Crippen molar-refractivity contribution in [3.8, 4) is 28.6 Å². The van der Waals surface area contributed by atoms with Crippen LogP contribution < -0.4 is 24.5 Å². The number of carbonyl (C=O) groups excluding carboxylic acids is 1. The predicted octanol–water partition coefficient (Wildman–Crippen LogP) is 5.62. The first-order valence-corrected chi connectivity index (χ1v) is 16.9. The van der Waals surface area contributed by atoms with Gasteiger partial charge in [-0.15, -0.1) is 5.10 Å². The van der Waals surface area contributed by atoms with Gasteiger partial charge in [0.15, 0.2) is 22.8 Å². The molecule has 1 saturated carbocycles. The lowest BCUT2D eigenvalue weighted by Gasteiger charge is -2.15. The fourth-order valence-corrected chi connectivity index (χ4v) is 6.68. The zero-order valence-corrected chi connectivity index (χ0v) is 27.2. The minimum Gasteiger partial charge on any atom is -0.493 e. The van der Waals surface area contributed by atoms with Crippen molar-refractivity contribution >= 4 is 27.2 Å². The van der Waals surface area contributed by atoms with Gasteiger partial charge in [-0.3, -0.25) is 14.3 Å². The minimum absolute atomic E-state index is 0. The van der Waals surface area contributed by atoms with E-state index in [-0.39, 0.29) is 54.3 Å². The van der Waals surface area contributed by atoms with E-state index in [0.717, 1.165) is 31.5 Å². The number of nitrogens with one attached hydrogen (secondary N) is 2. The second-order valence-electron chi connectivity index (χ2n) is 10.9. The van der Waals surface area contributed by atoms with Gasteiger partial charge in [0.2, 0.25) is 0 Å². The molecule has 0 radical (unpaired) electrons. The Labute approximate surface area is 274 Å². The van der Waals surface area contributed by atoms with Crippen LogP contribution in [0.25, 0.3) is 16.9 Å². The van der Waals surface area contributed by atoms with E-state index in [1.807, 2.05) is 6.92 Å². The Morgan fingerprint density at radius 2 is 1.79 bits per heavy atom. The molecule has 0 spiro atoms. The normalized spacial score (nSPS) is 13.3. The molecule has 0 amide bonds. The number of imidazole rings is 1. The third-order valence-corrected chi connectivity index (χ3v) is 9.12. The maximum Gasteiger partial charge on any atom is 0.305 e. The van der Waals surface area contributed by atoms with E-state index >= 15 is 0 Å². The summed E-state index contributed by atoms with van der Waals surface area (Å²) in [6.45, 7) is 6.16. The number of anilines is 1. The molecule has 254 valence electrons. The molecule has 13 nitrogen and oxygen atoms in total. The Morgan fingerprint density at radius 1 is 1.04 bits per heavy atom. The summed E-state index contributed by atoms with van der Waals surface area (Å²) in [5.41, 5.74) is 1.13. The van der Waals surface area contributed by atoms with Crippen LogP contribution in [-0.4, -0.2) is 60.9 Å². The van der Waals surface area contributed by atoms with Crippen LogP contribution in [-0.2, 0) is 19.6 Å². The molecule has 2 heterocycles. The van der Waals surface area contributed by atoms with Crippen molar-refractivity contribution in [2.75, 3.05) is 31.7 Å². The van der Waals surface area contributed by atoms with E-state index < -0.39 is 10.0 Å². The Balaban J connectivity index is 0.00000500. The summed E-state index contributed by atoms with van der Waals surface area (Å²) in [5, 5.41) is 4.75. The van der Waals surface area contributed by atoms with Crippen LogP contribution in [0.3, 0.4) is 0 Å². The van der Waals surface area contributed by atoms with Gasteiger partial charge in [0.1, 0.15) is 11.6 Å². The van der Waals surface area contributed by atoms with Gasteiger partial charge in [-0.25, -0.2) is 17.9 Å². The van der Waals surface area contributed by atoms with E-state index in [0.29, 0.717) is 53.7 Å². The van der Waals surface area contributed by atoms with Gasteiger partial charge in [0.25, 0.3) is 15.6 Å². The summed E-state index contributed by atoms with van der Waals surface area (Å²) in [5.74, 6) is 1.86. The highest BCUT2D eigenvalue weighted by Gasteiger charge is 2.26. The smallest absolute Gasteiger partial charge is 0.305 e. The fraction of sp³-hybridized carbons (Fsp3) is 0.455. The van der Waals surface area contributed by atoms with Gasteiger partial charge in [0.05, 0.1) is 48.8 Å². The Bertz CT molecular complexity index is 1880. The largest absolute Gasteiger partial charge is 0.493 e. The fourth-order valence-electron chi connectivity index (χ4n) is 5.60. The van der Waals surface area contributed by atoms with Crippen LogP contribution >= 0.6 is 0 Å². The summed E-state index contributed by atoms with van der Waals surface area (Å²) in [4.78, 5) is 32.3. The number of esters is 1. The molecule has 0 unspecified atom stereocenters. The van der Waals surface area contributed by atoms with Crippen molar-refractivity contribution in [3.63, 3.8) is 0 Å². The topological polar surface area (TPSA) is 163 Å². The molecule has 2 aromatic heterocycles. The number of nitrogens with zero attached hydrogens (tertiary/aromatic N) is 3. The Morgan fingerprint density at radius 3 is 2.49 bits per heavy atom. The number of hydrogen-bond donors (Lipinski definition) is 2. The number of hydrogen-bond acceptors (Lipinski definition) is 10. The second-order valence-corrected chi connectivity index (χ2v) is 12.6. The summed E-state index contributed by atoms with van der Waals surface area (Å²) >= 11 is 0. The molecule has 1 fully saturated rings. The monoisotopic (exact) mass is 669 g/mol. The molecule has 1 aliphatic carbocycles. The second kappa shape index (κ2) is 15.3. The number of aryl methyl sites for hydroxylation is 1. The molecule has 5 rings (SSSR count). The summed E-state index contributed by atoms with van der Waals surface area (Å²) in [7, 11) is -2.65. The number of benzene rings is 2. The van der Waals surface area contributed by atoms with Gasteiger partial charge in [0, 0.05) is 18.4 Å². The summed E-state index contributed by atoms with van der Waals surface area (Å²) < 4.78 is 53.4. The predicted molar refractivity (Wildman–Crippen MR) is 178 cm³/mol. The number of carbonyl (C=O) groups is 1. The quantitative estimate of drug-likeness (QED) is 0.127. The van der Waals surface area contributed by atoms with Crippen molar-refractivity contribution in [2.45, 2.75) is 77.5 Å². The highest BCUT2D eigenvalue weighted by atomic mass is 32.2.